The van der Waals surface area contributed by atoms with E-state index >= 15 is 0 Å². The average Bonchev–Trinajstić information content (AvgIpc) is 2.88. The second-order valence-electron chi connectivity index (χ2n) is 4.51. The number of thioether (sulfide) groups is 1. The van der Waals surface area contributed by atoms with Crippen molar-refractivity contribution in [1.29, 1.82) is 0 Å². The Morgan fingerprint density at radius 1 is 1.33 bits per heavy atom. The van der Waals surface area contributed by atoms with Crippen molar-refractivity contribution < 1.29 is 9.53 Å². The van der Waals surface area contributed by atoms with Gasteiger partial charge in [-0.05, 0) is 30.5 Å². The van der Waals surface area contributed by atoms with Gasteiger partial charge in [-0.25, -0.2) is 4.98 Å². The number of aldehydes is 1. The fraction of sp³-hybridized carbons (Fsp3) is 0.133. The number of benzene rings is 1. The maximum absolute atomic E-state index is 11.0. The number of aromatic nitrogens is 3. The van der Waals surface area contributed by atoms with Crippen molar-refractivity contribution >= 4 is 29.0 Å². The number of hydrogen-bond donors (Lipinski definition) is 0. The Bertz CT molecular complexity index is 797. The van der Waals surface area contributed by atoms with Crippen molar-refractivity contribution in [2.24, 2.45) is 7.05 Å². The molecule has 0 aliphatic heterocycles. The van der Waals surface area contributed by atoms with Gasteiger partial charge >= 0.3 is 0 Å². The number of nitrogens with zero attached hydrogens (tertiary/aromatic N) is 3. The van der Waals surface area contributed by atoms with Gasteiger partial charge in [-0.3, -0.25) is 9.48 Å². The Morgan fingerprint density at radius 3 is 2.86 bits per heavy atom. The van der Waals surface area contributed by atoms with Crippen molar-refractivity contribution in [2.45, 2.75) is 5.03 Å². The van der Waals surface area contributed by atoms with Crippen LogP contribution in [0.3, 0.4) is 0 Å². The van der Waals surface area contributed by atoms with Crippen molar-refractivity contribution in [3.8, 4) is 11.5 Å². The third-order valence-electron chi connectivity index (χ3n) is 3.01. The number of aryl methyl sites for hydroxylation is 1. The maximum Gasteiger partial charge on any atom is 0.150 e. The molecule has 0 fully saturated rings. The van der Waals surface area contributed by atoms with Crippen LogP contribution in [0.15, 0.2) is 41.7 Å². The van der Waals surface area contributed by atoms with E-state index in [1.165, 1.54) is 0 Å². The minimum absolute atomic E-state index is 0.532. The van der Waals surface area contributed by atoms with Gasteiger partial charge in [-0.2, -0.15) is 5.10 Å². The lowest BCUT2D eigenvalue weighted by molar-refractivity contribution is 0.112. The van der Waals surface area contributed by atoms with Crippen LogP contribution in [0, 0.1) is 0 Å². The van der Waals surface area contributed by atoms with Crippen molar-refractivity contribution in [1.82, 2.24) is 14.8 Å². The quantitative estimate of drug-likeness (QED) is 0.546. The summed E-state index contributed by atoms with van der Waals surface area (Å²) in [6, 6.07) is 7.20. The van der Waals surface area contributed by atoms with Crippen LogP contribution < -0.4 is 4.74 Å². The number of fused-ring (bicyclic) bond motifs is 1. The third kappa shape index (κ3) is 2.75. The fourth-order valence-corrected chi connectivity index (χ4v) is 2.42. The van der Waals surface area contributed by atoms with Crippen LogP contribution in [0.1, 0.15) is 10.4 Å². The van der Waals surface area contributed by atoms with E-state index in [4.69, 9.17) is 4.74 Å². The van der Waals surface area contributed by atoms with Gasteiger partial charge in [0.25, 0.3) is 0 Å². The molecule has 3 rings (SSSR count). The molecule has 1 aromatic carbocycles. The largest absolute Gasteiger partial charge is 0.455 e. The van der Waals surface area contributed by atoms with Crippen LogP contribution in [0.2, 0.25) is 0 Å². The molecular weight excluding hydrogens is 286 g/mol. The van der Waals surface area contributed by atoms with Crippen LogP contribution >= 0.6 is 11.8 Å². The summed E-state index contributed by atoms with van der Waals surface area (Å²) in [5.74, 6) is 1.22. The summed E-state index contributed by atoms with van der Waals surface area (Å²) in [6.45, 7) is 0. The van der Waals surface area contributed by atoms with Crippen LogP contribution in [-0.4, -0.2) is 27.3 Å². The van der Waals surface area contributed by atoms with Gasteiger partial charge in [-0.15, -0.1) is 11.8 Å². The molecule has 0 N–H and O–H groups in total. The molecule has 0 aliphatic carbocycles. The predicted molar refractivity (Wildman–Crippen MR) is 82.2 cm³/mol. The zero-order valence-electron chi connectivity index (χ0n) is 11.6. The van der Waals surface area contributed by atoms with Crippen molar-refractivity contribution in [3.63, 3.8) is 0 Å². The molecule has 21 heavy (non-hydrogen) atoms. The molecule has 0 saturated heterocycles. The van der Waals surface area contributed by atoms with Gasteiger partial charge < -0.3 is 4.74 Å². The first-order valence-corrected chi connectivity index (χ1v) is 7.52. The van der Waals surface area contributed by atoms with E-state index < -0.39 is 0 Å². The van der Waals surface area contributed by atoms with E-state index in [1.807, 2.05) is 31.6 Å². The number of ether oxygens (including phenoxy) is 1. The molecular formula is C15H13N3O2S. The lowest BCUT2D eigenvalue weighted by Gasteiger charge is -2.07. The molecule has 0 bridgehead atoms. The Morgan fingerprint density at radius 2 is 2.19 bits per heavy atom. The van der Waals surface area contributed by atoms with Crippen molar-refractivity contribution in [3.05, 3.63) is 42.2 Å². The molecule has 0 saturated carbocycles. The monoisotopic (exact) mass is 299 g/mol. The lowest BCUT2D eigenvalue weighted by atomic mass is 10.1. The highest BCUT2D eigenvalue weighted by atomic mass is 32.2. The minimum Gasteiger partial charge on any atom is -0.455 e. The Labute approximate surface area is 125 Å². The zero-order chi connectivity index (χ0) is 14.8. The van der Waals surface area contributed by atoms with Crippen LogP contribution in [0.4, 0.5) is 0 Å². The molecule has 2 aromatic heterocycles. The van der Waals surface area contributed by atoms with Gasteiger partial charge in [0.05, 0.1) is 22.1 Å². The number of carbonyl (C=O) groups excluding carboxylic acids is 1. The van der Waals surface area contributed by atoms with Gasteiger partial charge in [0.1, 0.15) is 17.8 Å². The summed E-state index contributed by atoms with van der Waals surface area (Å²) in [5, 5.41) is 6.10. The topological polar surface area (TPSA) is 57.0 Å². The molecule has 6 heteroatoms. The summed E-state index contributed by atoms with van der Waals surface area (Å²) in [5.41, 5.74) is 1.26. The Hall–Kier alpha value is -2.34. The fourth-order valence-electron chi connectivity index (χ4n) is 2.06. The molecule has 0 amide bonds. The molecule has 0 radical (unpaired) electrons. The van der Waals surface area contributed by atoms with Crippen LogP contribution in [-0.2, 0) is 7.05 Å². The number of hydrogen-bond acceptors (Lipinski definition) is 5. The first-order chi connectivity index (χ1) is 10.2. The van der Waals surface area contributed by atoms with Crippen LogP contribution in [0.25, 0.3) is 10.9 Å². The number of rotatable bonds is 4. The van der Waals surface area contributed by atoms with Crippen molar-refractivity contribution in [2.75, 3.05) is 6.26 Å². The standard InChI is InChI=1S/C15H13N3O2S/c1-18-8-12-13(17-18)5-10(9-19)6-14(12)20-11-3-4-15(21-2)16-7-11/h3-9H,1-2H3. The Kier molecular flexibility index (Phi) is 3.62. The number of carbonyl (C=O) groups is 1. The predicted octanol–water partition coefficient (Wildman–Crippen LogP) is 3.30. The second kappa shape index (κ2) is 5.57. The number of pyridine rings is 1. The summed E-state index contributed by atoms with van der Waals surface area (Å²) in [4.78, 5) is 15.3. The molecule has 106 valence electrons. The first kappa shape index (κ1) is 13.6. The second-order valence-corrected chi connectivity index (χ2v) is 5.34. The molecule has 5 nitrogen and oxygen atoms in total. The summed E-state index contributed by atoms with van der Waals surface area (Å²) in [7, 11) is 1.83. The summed E-state index contributed by atoms with van der Waals surface area (Å²) in [6.07, 6.45) is 6.29. The summed E-state index contributed by atoms with van der Waals surface area (Å²) < 4.78 is 7.56. The molecule has 2 heterocycles. The minimum atomic E-state index is 0.532. The van der Waals surface area contributed by atoms with Crippen LogP contribution in [0.5, 0.6) is 11.5 Å². The molecule has 0 spiro atoms. The van der Waals surface area contributed by atoms with Gasteiger partial charge in [0, 0.05) is 18.8 Å². The maximum atomic E-state index is 11.0. The highest BCUT2D eigenvalue weighted by Gasteiger charge is 2.10. The average molecular weight is 299 g/mol. The van der Waals surface area contributed by atoms with E-state index in [2.05, 4.69) is 10.1 Å². The van der Waals surface area contributed by atoms with Gasteiger partial charge in [0.15, 0.2) is 0 Å². The lowest BCUT2D eigenvalue weighted by Crippen LogP contribution is -1.89. The summed E-state index contributed by atoms with van der Waals surface area (Å²) >= 11 is 1.57. The van der Waals surface area contributed by atoms with Gasteiger partial charge in [0.2, 0.25) is 0 Å². The molecule has 3 aromatic rings. The first-order valence-electron chi connectivity index (χ1n) is 6.30. The smallest absolute Gasteiger partial charge is 0.150 e. The van der Waals surface area contributed by atoms with E-state index in [-0.39, 0.29) is 0 Å². The molecule has 0 atom stereocenters. The van der Waals surface area contributed by atoms with E-state index in [1.54, 1.807) is 34.8 Å². The zero-order valence-corrected chi connectivity index (χ0v) is 12.4. The SMILES string of the molecule is CSc1ccc(Oc2cc(C=O)cc3nn(C)cc23)cn1. The highest BCUT2D eigenvalue weighted by molar-refractivity contribution is 7.98. The molecule has 0 unspecified atom stereocenters. The van der Waals surface area contributed by atoms with Gasteiger partial charge in [-0.1, -0.05) is 0 Å². The molecule has 0 aliphatic rings. The Balaban J connectivity index is 2.03. The van der Waals surface area contributed by atoms with E-state index in [0.29, 0.717) is 17.1 Å². The normalized spacial score (nSPS) is 10.8. The highest BCUT2D eigenvalue weighted by Crippen LogP contribution is 2.30. The van der Waals surface area contributed by atoms with E-state index in [0.717, 1.165) is 22.2 Å². The third-order valence-corrected chi connectivity index (χ3v) is 3.67. The van der Waals surface area contributed by atoms with E-state index in [9.17, 15) is 4.79 Å².